The molecule has 1 atom stereocenters. The van der Waals surface area contributed by atoms with Gasteiger partial charge in [-0.15, -0.1) is 0 Å². The summed E-state index contributed by atoms with van der Waals surface area (Å²) < 4.78 is 0. The minimum absolute atomic E-state index is 0.774. The maximum absolute atomic E-state index is 3.36. The topological polar surface area (TPSA) is 24.1 Å². The molecule has 0 aliphatic carbocycles. The second kappa shape index (κ2) is 3.10. The first-order valence-electron chi connectivity index (χ1n) is 3.37. The lowest BCUT2D eigenvalue weighted by atomic mass is 9.99. The van der Waals surface area contributed by atoms with Gasteiger partial charge in [0.25, 0.3) is 7.55 Å². The van der Waals surface area contributed by atoms with E-state index in [0.29, 0.717) is 0 Å². The minimum Gasteiger partial charge on any atom is -0.345 e. The van der Waals surface area contributed by atoms with Crippen LogP contribution in [0.1, 0.15) is 19.8 Å². The smallest absolute Gasteiger partial charge is 0.286 e. The van der Waals surface area contributed by atoms with Crippen LogP contribution >= 0.6 is 0 Å². The maximum atomic E-state index is 3.36. The summed E-state index contributed by atoms with van der Waals surface area (Å²) in [5.41, 5.74) is 0. The van der Waals surface area contributed by atoms with Gasteiger partial charge in [-0.2, -0.15) is 0 Å². The van der Waals surface area contributed by atoms with Crippen LogP contribution in [0.5, 0.6) is 0 Å². The molecule has 1 aliphatic heterocycles. The fourth-order valence-electron chi connectivity index (χ4n) is 1.03. The quantitative estimate of drug-likeness (QED) is 0.451. The van der Waals surface area contributed by atoms with Crippen LogP contribution in [0.4, 0.5) is 0 Å². The highest BCUT2D eigenvalue weighted by molar-refractivity contribution is 6.29. The molecule has 1 fully saturated rings. The first kappa shape index (κ1) is 6.11. The van der Waals surface area contributed by atoms with E-state index < -0.39 is 0 Å². The summed E-state index contributed by atoms with van der Waals surface area (Å²) in [5, 5.41) is 6.60. The molecule has 0 aromatic heterocycles. The van der Waals surface area contributed by atoms with Gasteiger partial charge in [0.15, 0.2) is 0 Å². The highest BCUT2D eigenvalue weighted by Gasteiger charge is 2.08. The van der Waals surface area contributed by atoms with E-state index in [1.165, 1.54) is 19.4 Å². The Hall–Kier alpha value is -0.0151. The molecule has 0 spiro atoms. The molecule has 0 aromatic carbocycles. The van der Waals surface area contributed by atoms with Crippen molar-refractivity contribution in [3.05, 3.63) is 0 Å². The molecule has 1 saturated heterocycles. The van der Waals surface area contributed by atoms with E-state index in [1.54, 1.807) is 0 Å². The van der Waals surface area contributed by atoms with Gasteiger partial charge in [-0.3, -0.25) is 0 Å². The lowest BCUT2D eigenvalue weighted by Gasteiger charge is -2.21. The molecule has 1 heterocycles. The fourth-order valence-corrected chi connectivity index (χ4v) is 1.03. The zero-order valence-electron chi connectivity index (χ0n) is 5.41. The Labute approximate surface area is 51.3 Å². The Bertz CT molecular complexity index is 61.4. The number of hydrogen-bond donors (Lipinski definition) is 2. The van der Waals surface area contributed by atoms with Crippen LogP contribution in [-0.2, 0) is 0 Å². The van der Waals surface area contributed by atoms with E-state index in [9.17, 15) is 0 Å². The van der Waals surface area contributed by atoms with Gasteiger partial charge in [0.05, 0.1) is 0 Å². The fraction of sp³-hybridized carbons (Fsp3) is 1.00. The normalized spacial score (nSPS) is 29.4. The van der Waals surface area contributed by atoms with Gasteiger partial charge in [-0.25, -0.2) is 0 Å². The van der Waals surface area contributed by atoms with Crippen molar-refractivity contribution in [1.29, 1.82) is 0 Å². The molecule has 0 saturated carbocycles. The summed E-state index contributed by atoms with van der Waals surface area (Å²) in [4.78, 5) is 0. The van der Waals surface area contributed by atoms with Crippen molar-refractivity contribution in [2.45, 2.75) is 25.8 Å². The van der Waals surface area contributed by atoms with Gasteiger partial charge < -0.3 is 10.5 Å². The van der Waals surface area contributed by atoms with Gasteiger partial charge >= 0.3 is 0 Å². The molecule has 0 bridgehead atoms. The first-order valence-corrected chi connectivity index (χ1v) is 3.37. The van der Waals surface area contributed by atoms with Crippen LogP contribution in [0.2, 0.25) is 0 Å². The molecule has 2 N–H and O–H groups in total. The zero-order chi connectivity index (χ0) is 5.82. The predicted octanol–water partition coefficient (Wildman–Crippen LogP) is -0.386. The van der Waals surface area contributed by atoms with Crippen molar-refractivity contribution in [2.75, 3.05) is 6.54 Å². The second-order valence-corrected chi connectivity index (χ2v) is 2.27. The molecule has 0 aromatic rings. The third kappa shape index (κ3) is 1.49. The van der Waals surface area contributed by atoms with Gasteiger partial charge in [0.1, 0.15) is 0 Å². The molecule has 3 heteroatoms. The van der Waals surface area contributed by atoms with Crippen molar-refractivity contribution >= 4 is 7.55 Å². The molecule has 2 nitrogen and oxygen atoms in total. The molecule has 46 valence electrons. The monoisotopic (exact) mass is 112 g/mol. The van der Waals surface area contributed by atoms with Gasteiger partial charge in [0.2, 0.25) is 0 Å². The zero-order valence-corrected chi connectivity index (χ0v) is 5.41. The Morgan fingerprint density at radius 3 is 3.00 bits per heavy atom. The molecular weight excluding hydrogens is 98.9 g/mol. The van der Waals surface area contributed by atoms with Crippen molar-refractivity contribution in [2.24, 2.45) is 0 Å². The highest BCUT2D eigenvalue weighted by Crippen LogP contribution is 1.96. The predicted molar refractivity (Wildman–Crippen MR) is 37.0 cm³/mol. The highest BCUT2D eigenvalue weighted by atomic mass is 15.0. The van der Waals surface area contributed by atoms with E-state index >= 15 is 0 Å². The first-order chi connectivity index (χ1) is 3.93. The maximum Gasteiger partial charge on any atom is 0.286 e. The summed E-state index contributed by atoms with van der Waals surface area (Å²) in [5.74, 6) is 0. The lowest BCUT2D eigenvalue weighted by molar-refractivity contribution is 0.519. The van der Waals surface area contributed by atoms with Crippen molar-refractivity contribution < 1.29 is 0 Å². The Morgan fingerprint density at radius 1 is 1.75 bits per heavy atom. The summed E-state index contributed by atoms with van der Waals surface area (Å²) >= 11 is 0. The van der Waals surface area contributed by atoms with Crippen LogP contribution in [0.25, 0.3) is 0 Å². The third-order valence-electron chi connectivity index (χ3n) is 1.68. The van der Waals surface area contributed by atoms with Crippen LogP contribution < -0.4 is 10.5 Å². The van der Waals surface area contributed by atoms with E-state index in [4.69, 9.17) is 0 Å². The summed E-state index contributed by atoms with van der Waals surface area (Å²) in [6.45, 7) is 3.41. The molecule has 1 aliphatic rings. The van der Waals surface area contributed by atoms with Crippen molar-refractivity contribution in [3.8, 4) is 0 Å². The summed E-state index contributed by atoms with van der Waals surface area (Å²) in [7, 11) is 0.999. The molecular formula is C5H13BN2. The van der Waals surface area contributed by atoms with Crippen LogP contribution in [0, 0.1) is 0 Å². The van der Waals surface area contributed by atoms with Crippen molar-refractivity contribution in [1.82, 2.24) is 10.5 Å². The average Bonchev–Trinajstić information content (AvgIpc) is 1.90. The van der Waals surface area contributed by atoms with E-state index in [1.807, 2.05) is 0 Å². The van der Waals surface area contributed by atoms with E-state index in [0.717, 1.165) is 13.6 Å². The summed E-state index contributed by atoms with van der Waals surface area (Å²) in [6.07, 6.45) is 2.55. The SMILES string of the molecule is CCC1CCNBN1. The van der Waals surface area contributed by atoms with Gasteiger partial charge in [-0.1, -0.05) is 6.92 Å². The molecule has 1 rings (SSSR count). The van der Waals surface area contributed by atoms with E-state index in [2.05, 4.69) is 17.4 Å². The number of nitrogens with one attached hydrogen (secondary N) is 2. The van der Waals surface area contributed by atoms with Crippen LogP contribution in [-0.4, -0.2) is 20.1 Å². The van der Waals surface area contributed by atoms with Crippen molar-refractivity contribution in [3.63, 3.8) is 0 Å². The lowest BCUT2D eigenvalue weighted by Crippen LogP contribution is -2.47. The van der Waals surface area contributed by atoms with Gasteiger partial charge in [0, 0.05) is 0 Å². The van der Waals surface area contributed by atoms with E-state index in [-0.39, 0.29) is 0 Å². The standard InChI is InChI=1S/C5H13BN2/c1-2-5-3-4-7-6-8-5/h5-8H,2-4H2,1H3. The third-order valence-corrected chi connectivity index (χ3v) is 1.68. The Balaban J connectivity index is 2.13. The average molecular weight is 112 g/mol. The van der Waals surface area contributed by atoms with Crippen LogP contribution in [0.3, 0.4) is 0 Å². The largest absolute Gasteiger partial charge is 0.345 e. The number of hydrogen-bond acceptors (Lipinski definition) is 2. The molecule has 0 amide bonds. The second-order valence-electron chi connectivity index (χ2n) is 2.27. The number of rotatable bonds is 1. The Morgan fingerprint density at radius 2 is 2.62 bits per heavy atom. The molecule has 0 radical (unpaired) electrons. The molecule has 1 unspecified atom stereocenters. The minimum atomic E-state index is 0.774. The Kier molecular flexibility index (Phi) is 2.37. The summed E-state index contributed by atoms with van der Waals surface area (Å²) in [6, 6.07) is 0.774. The molecule has 8 heavy (non-hydrogen) atoms. The van der Waals surface area contributed by atoms with Gasteiger partial charge in [-0.05, 0) is 25.4 Å². The van der Waals surface area contributed by atoms with Crippen LogP contribution in [0.15, 0.2) is 0 Å².